The lowest BCUT2D eigenvalue weighted by Crippen LogP contribution is -2.52. The predicted molar refractivity (Wildman–Crippen MR) is 126 cm³/mol. The molecule has 2 aromatic rings. The van der Waals surface area contributed by atoms with Gasteiger partial charge in [-0.25, -0.2) is 4.79 Å². The second-order valence-corrected chi connectivity index (χ2v) is 8.60. The van der Waals surface area contributed by atoms with Crippen LogP contribution >= 0.6 is 11.6 Å². The largest absolute Gasteiger partial charge is 0.495 e. The Morgan fingerprint density at radius 2 is 2.03 bits per heavy atom. The van der Waals surface area contributed by atoms with E-state index >= 15 is 0 Å². The maximum Gasteiger partial charge on any atom is 0.319 e. The molecule has 9 nitrogen and oxygen atoms in total. The number of piperidine rings is 1. The van der Waals surface area contributed by atoms with Gasteiger partial charge < -0.3 is 20.3 Å². The van der Waals surface area contributed by atoms with Crippen molar-refractivity contribution in [2.45, 2.75) is 45.3 Å². The molecule has 0 saturated carbocycles. The second kappa shape index (κ2) is 9.72. The van der Waals surface area contributed by atoms with Crippen LogP contribution in [0.2, 0.25) is 5.02 Å². The molecule has 0 radical (unpaired) electrons. The van der Waals surface area contributed by atoms with Gasteiger partial charge in [-0.2, -0.15) is 0 Å². The summed E-state index contributed by atoms with van der Waals surface area (Å²) in [5.41, 5.74) is 3.62. The van der Waals surface area contributed by atoms with Gasteiger partial charge in [-0.05, 0) is 41.7 Å². The van der Waals surface area contributed by atoms with E-state index in [1.165, 1.54) is 12.0 Å². The molecule has 2 aliphatic heterocycles. The van der Waals surface area contributed by atoms with E-state index in [0.717, 1.165) is 16.7 Å². The molecule has 1 saturated heterocycles. The van der Waals surface area contributed by atoms with Gasteiger partial charge in [0.25, 0.3) is 5.91 Å². The molecular weight excluding hydrogens is 460 g/mol. The molecule has 5 amide bonds. The number of hydrogen-bond donors (Lipinski definition) is 3. The second-order valence-electron chi connectivity index (χ2n) is 8.20. The summed E-state index contributed by atoms with van der Waals surface area (Å²) in [6.07, 6.45) is 1.20. The number of rotatable bonds is 6. The number of benzene rings is 2. The minimum absolute atomic E-state index is 0.208. The summed E-state index contributed by atoms with van der Waals surface area (Å²) < 4.78 is 5.23. The van der Waals surface area contributed by atoms with E-state index in [0.29, 0.717) is 34.9 Å². The highest BCUT2D eigenvalue weighted by atomic mass is 35.5. The van der Waals surface area contributed by atoms with Crippen LogP contribution in [0.25, 0.3) is 0 Å². The Hall–Kier alpha value is -3.59. The molecule has 1 atom stereocenters. The molecule has 0 bridgehead atoms. The number of methoxy groups -OCH3 is 1. The summed E-state index contributed by atoms with van der Waals surface area (Å²) >= 11 is 6.17. The molecule has 0 spiro atoms. The normalized spacial score (nSPS) is 17.3. The molecule has 0 aromatic heterocycles. The van der Waals surface area contributed by atoms with Crippen molar-refractivity contribution in [3.05, 3.63) is 57.6 Å². The van der Waals surface area contributed by atoms with Crippen LogP contribution in [0.1, 0.15) is 46.8 Å². The van der Waals surface area contributed by atoms with E-state index in [2.05, 4.69) is 16.0 Å². The molecular formula is C24H25ClN4O5. The average Bonchev–Trinajstić information content (AvgIpc) is 3.14. The minimum atomic E-state index is -0.658. The van der Waals surface area contributed by atoms with Crippen molar-refractivity contribution in [2.24, 2.45) is 0 Å². The number of carbonyl (C=O) groups is 4. The van der Waals surface area contributed by atoms with Gasteiger partial charge in [0.2, 0.25) is 11.8 Å². The summed E-state index contributed by atoms with van der Waals surface area (Å²) in [5, 5.41) is 8.42. The Morgan fingerprint density at radius 3 is 2.74 bits per heavy atom. The topological polar surface area (TPSA) is 117 Å². The van der Waals surface area contributed by atoms with Crippen LogP contribution in [0, 0.1) is 0 Å². The third-order valence-corrected chi connectivity index (χ3v) is 6.34. The number of imide groups is 1. The highest BCUT2D eigenvalue weighted by Crippen LogP contribution is 2.32. The maximum absolute atomic E-state index is 12.8. The van der Waals surface area contributed by atoms with Crippen LogP contribution in [0.15, 0.2) is 30.3 Å². The molecule has 3 N–H and O–H groups in total. The molecule has 1 fully saturated rings. The summed E-state index contributed by atoms with van der Waals surface area (Å²) in [6.45, 7) is 2.49. The van der Waals surface area contributed by atoms with Gasteiger partial charge in [-0.15, -0.1) is 0 Å². The third kappa shape index (κ3) is 4.70. The molecule has 4 rings (SSSR count). The molecule has 178 valence electrons. The Bertz CT molecular complexity index is 1180. The molecule has 1 unspecified atom stereocenters. The standard InChI is InChI=1S/C24H25ClN4O5/c1-3-14-9-17(25)20(34-2)10-18(14)27-24(33)26-11-13-4-5-16-15(8-13)12-29(23(16)32)19-6-7-21(30)28-22(19)31/h4-5,8-10,19H,3,6-7,11-12H2,1-2H3,(H2,26,27,33)(H,28,30,31). The van der Waals surface area contributed by atoms with Gasteiger partial charge in [0, 0.05) is 36.8 Å². The van der Waals surface area contributed by atoms with Gasteiger partial charge in [0.05, 0.1) is 12.1 Å². The lowest BCUT2D eigenvalue weighted by Gasteiger charge is -2.29. The van der Waals surface area contributed by atoms with Crippen molar-refractivity contribution in [1.29, 1.82) is 0 Å². The third-order valence-electron chi connectivity index (χ3n) is 6.05. The fourth-order valence-electron chi connectivity index (χ4n) is 4.25. The summed E-state index contributed by atoms with van der Waals surface area (Å²) in [5.74, 6) is -0.523. The van der Waals surface area contributed by atoms with E-state index in [4.69, 9.17) is 16.3 Å². The van der Waals surface area contributed by atoms with E-state index < -0.39 is 11.9 Å². The average molecular weight is 485 g/mol. The van der Waals surface area contributed by atoms with Crippen LogP contribution in [0.3, 0.4) is 0 Å². The molecule has 10 heteroatoms. The van der Waals surface area contributed by atoms with Crippen LogP contribution < -0.4 is 20.7 Å². The van der Waals surface area contributed by atoms with Crippen molar-refractivity contribution in [3.8, 4) is 5.75 Å². The zero-order chi connectivity index (χ0) is 24.4. The first kappa shape index (κ1) is 23.6. The first-order valence-corrected chi connectivity index (χ1v) is 11.4. The molecule has 2 aliphatic rings. The number of halogens is 1. The van der Waals surface area contributed by atoms with Crippen LogP contribution in [-0.2, 0) is 29.1 Å². The SMILES string of the molecule is CCc1cc(Cl)c(OC)cc1NC(=O)NCc1ccc2c(c1)CN(C1CCC(=O)NC1=O)C2=O. The maximum atomic E-state index is 12.8. The van der Waals surface area contributed by atoms with Crippen LogP contribution in [0.4, 0.5) is 10.5 Å². The van der Waals surface area contributed by atoms with Gasteiger partial charge in [0.15, 0.2) is 0 Å². The highest BCUT2D eigenvalue weighted by Gasteiger charge is 2.39. The van der Waals surface area contributed by atoms with Crippen LogP contribution in [-0.4, -0.2) is 41.8 Å². The number of amides is 5. The molecule has 2 aromatic carbocycles. The van der Waals surface area contributed by atoms with Crippen LogP contribution in [0.5, 0.6) is 5.75 Å². The number of anilines is 1. The first-order valence-electron chi connectivity index (χ1n) is 11.0. The van der Waals surface area contributed by atoms with E-state index in [-0.39, 0.29) is 37.4 Å². The number of fused-ring (bicyclic) bond motifs is 1. The Labute approximate surface area is 201 Å². The van der Waals surface area contributed by atoms with E-state index in [1.807, 2.05) is 13.0 Å². The zero-order valence-corrected chi connectivity index (χ0v) is 19.6. The van der Waals surface area contributed by atoms with Crippen molar-refractivity contribution >= 4 is 41.0 Å². The number of nitrogens with one attached hydrogen (secondary N) is 3. The van der Waals surface area contributed by atoms with Crippen molar-refractivity contribution in [2.75, 3.05) is 12.4 Å². The van der Waals surface area contributed by atoms with Gasteiger partial charge in [0.1, 0.15) is 11.8 Å². The monoisotopic (exact) mass is 484 g/mol. The summed E-state index contributed by atoms with van der Waals surface area (Å²) in [6, 6.07) is 7.73. The lowest BCUT2D eigenvalue weighted by molar-refractivity contribution is -0.136. The number of urea groups is 1. The number of aryl methyl sites for hydroxylation is 1. The summed E-state index contributed by atoms with van der Waals surface area (Å²) in [4.78, 5) is 50.4. The van der Waals surface area contributed by atoms with E-state index in [9.17, 15) is 19.2 Å². The van der Waals surface area contributed by atoms with Crippen molar-refractivity contribution < 1.29 is 23.9 Å². The van der Waals surface area contributed by atoms with Crippen molar-refractivity contribution in [1.82, 2.24) is 15.5 Å². The quantitative estimate of drug-likeness (QED) is 0.545. The first-order chi connectivity index (χ1) is 16.3. The fraction of sp³-hybridized carbons (Fsp3) is 0.333. The van der Waals surface area contributed by atoms with Gasteiger partial charge in [-0.3, -0.25) is 19.7 Å². The van der Waals surface area contributed by atoms with Crippen molar-refractivity contribution in [3.63, 3.8) is 0 Å². The summed E-state index contributed by atoms with van der Waals surface area (Å²) in [7, 11) is 1.51. The van der Waals surface area contributed by atoms with Gasteiger partial charge >= 0.3 is 6.03 Å². The highest BCUT2D eigenvalue weighted by molar-refractivity contribution is 6.32. The number of ether oxygens (including phenoxy) is 1. The number of carbonyl (C=O) groups excluding carboxylic acids is 4. The Balaban J connectivity index is 1.40. The van der Waals surface area contributed by atoms with E-state index in [1.54, 1.807) is 24.3 Å². The Kier molecular flexibility index (Phi) is 6.74. The Morgan fingerprint density at radius 1 is 1.24 bits per heavy atom. The smallest absolute Gasteiger partial charge is 0.319 e. The fourth-order valence-corrected chi connectivity index (χ4v) is 4.51. The van der Waals surface area contributed by atoms with Gasteiger partial charge in [-0.1, -0.05) is 30.7 Å². The zero-order valence-electron chi connectivity index (χ0n) is 18.9. The molecule has 0 aliphatic carbocycles. The minimum Gasteiger partial charge on any atom is -0.495 e. The molecule has 2 heterocycles. The molecule has 34 heavy (non-hydrogen) atoms. The lowest BCUT2D eigenvalue weighted by atomic mass is 10.0. The predicted octanol–water partition coefficient (Wildman–Crippen LogP) is 2.99. The number of nitrogens with zero attached hydrogens (tertiary/aromatic N) is 1. The number of hydrogen-bond acceptors (Lipinski definition) is 5.